The largest absolute Gasteiger partial charge is 0.357 e. The van der Waals surface area contributed by atoms with Gasteiger partial charge in [0.25, 0.3) is 0 Å². The van der Waals surface area contributed by atoms with E-state index in [-0.39, 0.29) is 0 Å². The topological polar surface area (TPSA) is 67.1 Å². The number of nitrogens with one attached hydrogen (secondary N) is 2. The zero-order chi connectivity index (χ0) is 19.8. The van der Waals surface area contributed by atoms with Crippen molar-refractivity contribution in [3.8, 4) is 0 Å². The summed E-state index contributed by atoms with van der Waals surface area (Å²) < 4.78 is 2.06. The lowest BCUT2D eigenvalue weighted by molar-refractivity contribution is 0.785. The van der Waals surface area contributed by atoms with Crippen LogP contribution in [-0.4, -0.2) is 27.0 Å². The van der Waals surface area contributed by atoms with Crippen LogP contribution in [-0.2, 0) is 19.6 Å². The monoisotopic (exact) mass is 396 g/mol. The van der Waals surface area contributed by atoms with Crippen LogP contribution < -0.4 is 10.6 Å². The highest BCUT2D eigenvalue weighted by molar-refractivity contribution is 7.09. The molecule has 1 aromatic carbocycles. The number of nitrogens with zero attached hydrogens (tertiary/aromatic N) is 4. The van der Waals surface area contributed by atoms with Gasteiger partial charge in [0.1, 0.15) is 5.01 Å². The number of hydrogen-bond acceptors (Lipinski definition) is 4. The molecule has 0 saturated carbocycles. The summed E-state index contributed by atoms with van der Waals surface area (Å²) in [5.74, 6) is 1.27. The highest BCUT2D eigenvalue weighted by atomic mass is 32.1. The molecule has 148 valence electrons. The first-order valence-corrected chi connectivity index (χ1v) is 10.5. The Morgan fingerprint density at radius 3 is 2.82 bits per heavy atom. The molecule has 0 unspecified atom stereocenters. The van der Waals surface area contributed by atoms with Gasteiger partial charge in [-0.05, 0) is 24.0 Å². The van der Waals surface area contributed by atoms with Crippen molar-refractivity contribution in [2.45, 2.75) is 46.3 Å². The summed E-state index contributed by atoms with van der Waals surface area (Å²) in [6, 6.07) is 8.52. The summed E-state index contributed by atoms with van der Waals surface area (Å²) in [5.41, 5.74) is 3.58. The lowest BCUT2D eigenvalue weighted by atomic mass is 10.1. The van der Waals surface area contributed by atoms with Gasteiger partial charge in [-0.1, -0.05) is 38.1 Å². The molecule has 0 bridgehead atoms. The second-order valence-corrected chi connectivity index (χ2v) is 7.87. The van der Waals surface area contributed by atoms with Gasteiger partial charge in [0, 0.05) is 30.9 Å². The first-order chi connectivity index (χ1) is 13.6. The van der Waals surface area contributed by atoms with Crippen LogP contribution in [0, 0.1) is 0 Å². The number of aliphatic imine (C=N–C) groups is 1. The zero-order valence-electron chi connectivity index (χ0n) is 16.7. The van der Waals surface area contributed by atoms with Crippen LogP contribution in [0.15, 0.2) is 53.4 Å². The molecule has 2 aromatic heterocycles. The fourth-order valence-electron chi connectivity index (χ4n) is 2.76. The van der Waals surface area contributed by atoms with Crippen LogP contribution in [0.1, 0.15) is 48.5 Å². The zero-order valence-corrected chi connectivity index (χ0v) is 17.5. The van der Waals surface area contributed by atoms with Crippen molar-refractivity contribution >= 4 is 17.3 Å². The van der Waals surface area contributed by atoms with E-state index < -0.39 is 0 Å². The highest BCUT2D eigenvalue weighted by Crippen LogP contribution is 2.17. The molecule has 2 heterocycles. The average molecular weight is 397 g/mol. The van der Waals surface area contributed by atoms with E-state index in [0.29, 0.717) is 19.0 Å². The van der Waals surface area contributed by atoms with E-state index in [9.17, 15) is 0 Å². The van der Waals surface area contributed by atoms with Crippen LogP contribution in [0.4, 0.5) is 0 Å². The molecule has 0 amide bonds. The Morgan fingerprint density at radius 1 is 1.25 bits per heavy atom. The average Bonchev–Trinajstić information content (AvgIpc) is 3.36. The molecule has 0 spiro atoms. The quantitative estimate of drug-likeness (QED) is 0.449. The minimum Gasteiger partial charge on any atom is -0.357 e. The number of guanidine groups is 1. The third-order valence-corrected chi connectivity index (χ3v) is 5.11. The van der Waals surface area contributed by atoms with Crippen molar-refractivity contribution in [1.29, 1.82) is 0 Å². The summed E-state index contributed by atoms with van der Waals surface area (Å²) in [7, 11) is 0. The minimum absolute atomic E-state index is 0.460. The fourth-order valence-corrected chi connectivity index (χ4v) is 3.66. The van der Waals surface area contributed by atoms with E-state index in [1.54, 1.807) is 17.5 Å². The van der Waals surface area contributed by atoms with Crippen molar-refractivity contribution < 1.29 is 0 Å². The van der Waals surface area contributed by atoms with Gasteiger partial charge in [0.05, 0.1) is 25.1 Å². The smallest absolute Gasteiger partial charge is 0.191 e. The second kappa shape index (κ2) is 10.0. The van der Waals surface area contributed by atoms with Gasteiger partial charge in [-0.15, -0.1) is 11.3 Å². The lowest BCUT2D eigenvalue weighted by Crippen LogP contribution is -2.36. The van der Waals surface area contributed by atoms with Gasteiger partial charge in [-0.3, -0.25) is 0 Å². The van der Waals surface area contributed by atoms with Crippen LogP contribution in [0.3, 0.4) is 0 Å². The summed E-state index contributed by atoms with van der Waals surface area (Å²) >= 11 is 1.69. The number of hydrogen-bond donors (Lipinski definition) is 2. The van der Waals surface area contributed by atoms with Gasteiger partial charge in [0.15, 0.2) is 5.96 Å². The van der Waals surface area contributed by atoms with Crippen LogP contribution in [0.5, 0.6) is 0 Å². The number of aromatic nitrogens is 3. The second-order valence-electron chi connectivity index (χ2n) is 6.92. The summed E-state index contributed by atoms with van der Waals surface area (Å²) in [6.45, 7) is 9.35. The molecule has 3 rings (SSSR count). The van der Waals surface area contributed by atoms with E-state index in [0.717, 1.165) is 29.8 Å². The Morgan fingerprint density at radius 2 is 2.11 bits per heavy atom. The molecule has 0 atom stereocenters. The summed E-state index contributed by atoms with van der Waals surface area (Å²) in [4.78, 5) is 13.5. The van der Waals surface area contributed by atoms with Crippen LogP contribution in [0.25, 0.3) is 0 Å². The normalized spacial score (nSPS) is 11.8. The number of imidazole rings is 1. The van der Waals surface area contributed by atoms with Gasteiger partial charge in [-0.2, -0.15) is 0 Å². The molecule has 28 heavy (non-hydrogen) atoms. The molecular weight excluding hydrogens is 368 g/mol. The van der Waals surface area contributed by atoms with E-state index >= 15 is 0 Å². The lowest BCUT2D eigenvalue weighted by Gasteiger charge is -2.10. The van der Waals surface area contributed by atoms with Gasteiger partial charge >= 0.3 is 0 Å². The minimum atomic E-state index is 0.460. The van der Waals surface area contributed by atoms with Gasteiger partial charge in [-0.25, -0.2) is 15.0 Å². The van der Waals surface area contributed by atoms with E-state index in [1.165, 1.54) is 11.1 Å². The maximum absolute atomic E-state index is 4.73. The van der Waals surface area contributed by atoms with E-state index in [2.05, 4.69) is 75.6 Å². The Kier molecular flexibility index (Phi) is 7.19. The molecule has 3 aromatic rings. The molecular formula is C21H28N6S. The molecule has 0 radical (unpaired) electrons. The maximum atomic E-state index is 4.73. The van der Waals surface area contributed by atoms with Gasteiger partial charge < -0.3 is 15.2 Å². The van der Waals surface area contributed by atoms with Crippen molar-refractivity contribution in [3.05, 3.63) is 70.2 Å². The van der Waals surface area contributed by atoms with Crippen molar-refractivity contribution in [1.82, 2.24) is 25.2 Å². The highest BCUT2D eigenvalue weighted by Gasteiger charge is 2.06. The van der Waals surface area contributed by atoms with Crippen LogP contribution in [0.2, 0.25) is 0 Å². The van der Waals surface area contributed by atoms with E-state index in [1.807, 2.05) is 12.5 Å². The van der Waals surface area contributed by atoms with Crippen molar-refractivity contribution in [2.24, 2.45) is 4.99 Å². The van der Waals surface area contributed by atoms with Gasteiger partial charge in [0.2, 0.25) is 0 Å². The van der Waals surface area contributed by atoms with E-state index in [4.69, 9.17) is 4.99 Å². The van der Waals surface area contributed by atoms with Crippen molar-refractivity contribution in [3.63, 3.8) is 0 Å². The Hall–Kier alpha value is -2.67. The predicted molar refractivity (Wildman–Crippen MR) is 116 cm³/mol. The SMILES string of the molecule is CCNC(=NCc1cccc(Cn2ccnc2)c1)NCc1nc(C(C)C)cs1. The molecule has 7 heteroatoms. The molecule has 0 saturated heterocycles. The first kappa shape index (κ1) is 20.1. The Balaban J connectivity index is 1.60. The summed E-state index contributed by atoms with van der Waals surface area (Å²) in [6.07, 6.45) is 5.61. The maximum Gasteiger partial charge on any atom is 0.191 e. The molecule has 2 N–H and O–H groups in total. The number of rotatable bonds is 8. The Labute approximate surface area is 170 Å². The molecule has 6 nitrogen and oxygen atoms in total. The number of benzene rings is 1. The number of thiazole rings is 1. The predicted octanol–water partition coefficient (Wildman–Crippen LogP) is 3.77. The summed E-state index contributed by atoms with van der Waals surface area (Å²) in [5, 5.41) is 9.91. The molecule has 0 aliphatic heterocycles. The third-order valence-electron chi connectivity index (χ3n) is 4.25. The standard InChI is InChI=1S/C21H28N6S/c1-4-23-21(25-12-20-26-19(14-28-20)16(2)3)24-11-17-6-5-7-18(10-17)13-27-9-8-22-15-27/h5-10,14-16H,4,11-13H2,1-3H3,(H2,23,24,25). The third kappa shape index (κ3) is 5.92. The van der Waals surface area contributed by atoms with Crippen molar-refractivity contribution in [2.75, 3.05) is 6.54 Å². The molecule has 0 fully saturated rings. The fraction of sp³-hybridized carbons (Fsp3) is 0.381. The first-order valence-electron chi connectivity index (χ1n) is 9.64. The molecule has 0 aliphatic carbocycles. The molecule has 0 aliphatic rings. The Bertz CT molecular complexity index is 882. The van der Waals surface area contributed by atoms with Crippen LogP contribution >= 0.6 is 11.3 Å².